The van der Waals surface area contributed by atoms with Gasteiger partial charge >= 0.3 is 18.2 Å². The van der Waals surface area contributed by atoms with Gasteiger partial charge in [0.15, 0.2) is 17.3 Å². The largest absolute Gasteiger partial charge is 0.480 e. The molecule has 2 aromatic rings. The molecule has 0 unspecified atom stereocenters. The number of carbonyl (C=O) groups excluding carboxylic acids is 7. The fourth-order valence-corrected chi connectivity index (χ4v) is 15.9. The molecule has 14 rings (SSSR count). The molecule has 12 fully saturated rings. The number of nitrogens with one attached hydrogen (secondary N) is 1. The van der Waals surface area contributed by atoms with E-state index in [0.717, 1.165) is 76.5 Å². The van der Waals surface area contributed by atoms with Crippen molar-refractivity contribution in [2.75, 3.05) is 6.54 Å². The van der Waals surface area contributed by atoms with Crippen molar-refractivity contribution in [3.63, 3.8) is 0 Å². The molecule has 16 atom stereocenters. The van der Waals surface area contributed by atoms with E-state index in [4.69, 9.17) is 119 Å². The number of piperidine rings is 4. The van der Waals surface area contributed by atoms with E-state index in [9.17, 15) is 38.4 Å². The van der Waals surface area contributed by atoms with Crippen LogP contribution in [0.25, 0.3) is 10.9 Å². The number of Topliss-reactive ketones (excluding diaryl/α,β-unsaturated/α-hetero) is 3. The number of alkyl halides is 8. The van der Waals surface area contributed by atoms with E-state index in [0.29, 0.717) is 97.4 Å². The molecule has 0 radical (unpaired) electrons. The van der Waals surface area contributed by atoms with Crippen LogP contribution in [0.15, 0.2) is 24.3 Å². The average molecular weight is 1410 g/mol. The number of halogens is 8. The molecule has 0 bridgehead atoms. The lowest BCUT2D eigenvalue weighted by Gasteiger charge is -2.29. The molecule has 90 heavy (non-hydrogen) atoms. The zero-order valence-corrected chi connectivity index (χ0v) is 57.7. The van der Waals surface area contributed by atoms with Gasteiger partial charge in [-0.05, 0) is 192 Å². The number of rotatable bonds is 17. The number of amides is 4. The number of ether oxygens (including phenoxy) is 2. The van der Waals surface area contributed by atoms with E-state index in [1.165, 1.54) is 16.0 Å². The van der Waals surface area contributed by atoms with Gasteiger partial charge in [0.1, 0.15) is 46.9 Å². The lowest BCUT2D eigenvalue weighted by molar-refractivity contribution is -0.142. The number of nitrogens with zero attached hydrogens (tertiary/aromatic N) is 5. The summed E-state index contributed by atoms with van der Waals surface area (Å²) in [6.07, 6.45) is 13.3. The number of aromatic nitrogens is 2. The number of hydrogen-bond donors (Lipinski definition) is 4. The van der Waals surface area contributed by atoms with Gasteiger partial charge < -0.3 is 36.3 Å². The van der Waals surface area contributed by atoms with Crippen LogP contribution in [0.5, 0.6) is 0 Å². The van der Waals surface area contributed by atoms with Crippen LogP contribution in [-0.4, -0.2) is 160 Å². The lowest BCUT2D eigenvalue weighted by atomic mass is 10.0. The predicted octanol–water partition coefficient (Wildman–Crippen LogP) is 11.5. The standard InChI is InChI=1S/C21H22Cl2N4O3.C16H23Cl2NO3.C11H15Cl2NO.C11H17NO4.C4H7Cl2N/c22-21(23)9-12(21)5-6-17(28)16-8-11-7-15(11)27(16)18(29)10-26-14-4-2-1-3-13(14)19(25-26)20(24)30;1-15(2,3)22-14(21)19-11-6-9(11)7-12(19)13(20)5-4-10-8-16(10,17)18;12-11(13)5-7(11)1-2-10(15)9-4-6-3-8(6)14-9;1-11(2,3)16-10(15)12-7-4-6(7)5-8(12)9(13)14;5-4(6)1-3(4)2-7/h1-4,11-12,15-16H,5-10H2,(H2,24,30);9-12H,4-8H2,1-3H3;6-9,14H,1-5H2;6-8H,4-5H2,1-3H3,(H,13,14);3H,1-2,7H2/t11-,12+,15-,16+;9-,10+,11-,12+;6-,7+,8-,9+;6-,7-,8+;3-/m11111/s1. The first kappa shape index (κ1) is 69.7. The van der Waals surface area contributed by atoms with Crippen LogP contribution in [0, 0.1) is 47.3 Å². The smallest absolute Gasteiger partial charge is 0.411 e. The predicted molar refractivity (Wildman–Crippen MR) is 345 cm³/mol. The van der Waals surface area contributed by atoms with Gasteiger partial charge in [-0.3, -0.25) is 38.5 Å². The average Bonchev–Trinajstić information content (AvgIpc) is 1.60. The van der Waals surface area contributed by atoms with Gasteiger partial charge in [-0.2, -0.15) is 5.10 Å². The number of fused-ring (bicyclic) bond motifs is 5. The van der Waals surface area contributed by atoms with Crippen LogP contribution < -0.4 is 16.8 Å². The van der Waals surface area contributed by atoms with E-state index in [1.54, 1.807) is 48.8 Å². The van der Waals surface area contributed by atoms with Crippen molar-refractivity contribution in [2.45, 2.75) is 241 Å². The maximum Gasteiger partial charge on any atom is 0.411 e. The van der Waals surface area contributed by atoms with Crippen LogP contribution in [0.1, 0.15) is 168 Å². The van der Waals surface area contributed by atoms with Crippen molar-refractivity contribution in [1.29, 1.82) is 0 Å². The van der Waals surface area contributed by atoms with E-state index >= 15 is 0 Å². The molecule has 1 aromatic carbocycles. The zero-order chi connectivity index (χ0) is 65.7. The molecular weight excluding hydrogens is 1330 g/mol. The van der Waals surface area contributed by atoms with Gasteiger partial charge in [0.25, 0.3) is 5.91 Å². The first-order valence-electron chi connectivity index (χ1n) is 31.7. The third kappa shape index (κ3) is 17.1. The van der Waals surface area contributed by atoms with Crippen LogP contribution in [0.2, 0.25) is 0 Å². The fraction of sp³-hybridized carbons (Fsp3) is 0.762. The topological polar surface area (TPSA) is 267 Å². The van der Waals surface area contributed by atoms with Gasteiger partial charge in [0.05, 0.1) is 23.6 Å². The van der Waals surface area contributed by atoms with Crippen molar-refractivity contribution < 1.29 is 52.9 Å². The number of benzene rings is 1. The zero-order valence-electron chi connectivity index (χ0n) is 51.6. The monoisotopic (exact) mass is 1410 g/mol. The number of nitrogens with two attached hydrogens (primary N) is 2. The number of carboxylic acids is 1. The van der Waals surface area contributed by atoms with Crippen LogP contribution in [0.3, 0.4) is 0 Å². The van der Waals surface area contributed by atoms with Crippen molar-refractivity contribution in [3.8, 4) is 0 Å². The Bertz CT molecular complexity index is 3120. The molecule has 8 aliphatic carbocycles. The number of aliphatic carboxylic acids is 1. The second-order valence-corrected chi connectivity index (χ2v) is 35.4. The molecule has 1 aromatic heterocycles. The number of ketones is 3. The summed E-state index contributed by atoms with van der Waals surface area (Å²) >= 11 is 47.2. The minimum absolute atomic E-state index is 0.0319. The number of likely N-dealkylation sites (tertiary alicyclic amines) is 3. The molecule has 12 aliphatic rings. The number of carboxylic acid groups (broad SMARTS) is 1. The Morgan fingerprint density at radius 2 is 0.989 bits per heavy atom. The first-order valence-corrected chi connectivity index (χ1v) is 34.8. The van der Waals surface area contributed by atoms with Crippen molar-refractivity contribution in [3.05, 3.63) is 30.0 Å². The first-order chi connectivity index (χ1) is 41.9. The van der Waals surface area contributed by atoms with E-state index < -0.39 is 58.6 Å². The van der Waals surface area contributed by atoms with Gasteiger partial charge in [0, 0.05) is 54.7 Å². The number of carbonyl (C=O) groups is 8. The molecule has 5 heterocycles. The van der Waals surface area contributed by atoms with E-state index in [-0.39, 0.29) is 77.9 Å². The summed E-state index contributed by atoms with van der Waals surface area (Å²) in [7, 11) is 0. The van der Waals surface area contributed by atoms with Gasteiger partial charge in [-0.25, -0.2) is 14.4 Å². The second-order valence-electron chi connectivity index (χ2n) is 29.2. The second kappa shape index (κ2) is 26.1. The normalized spacial score (nSPS) is 34.0. The molecule has 19 nitrogen and oxygen atoms in total. The highest BCUT2D eigenvalue weighted by atomic mass is 35.5. The Hall–Kier alpha value is -3.11. The molecule has 27 heteroatoms. The third-order valence-electron chi connectivity index (χ3n) is 19.6. The summed E-state index contributed by atoms with van der Waals surface area (Å²) in [5.74, 6) is 1.95. The molecule has 498 valence electrons. The Balaban J connectivity index is 0.000000131. The number of primary amides is 1. The summed E-state index contributed by atoms with van der Waals surface area (Å²) in [5, 5.41) is 17.3. The Morgan fingerprint density at radius 1 is 0.578 bits per heavy atom. The summed E-state index contributed by atoms with van der Waals surface area (Å²) in [4.78, 5) is 102. The minimum Gasteiger partial charge on any atom is -0.480 e. The maximum absolute atomic E-state index is 13.2. The number of hydrogen-bond acceptors (Lipinski definition) is 13. The van der Waals surface area contributed by atoms with Crippen LogP contribution >= 0.6 is 92.8 Å². The molecule has 0 spiro atoms. The highest BCUT2D eigenvalue weighted by Crippen LogP contribution is 2.58. The SMILES string of the molecule is CC(C)(C)OC(=O)N1[C@@H]2C[C@@H]2C[C@H]1C(=O)CC[C@H]1CC1(Cl)Cl.CC(C)(C)OC(=O)N1[C@@H]2C[C@@H]2C[C@H]1C(=O)O.NC(=O)c1nn(CC(=O)N2[C@@H]3C[C@@H]3C[C@H]2C(=O)CC[C@H]2CC2(Cl)Cl)c2ccccc12.NC[C@H]1CC1(Cl)Cl.O=C(CC[C@H]1CC1(Cl)Cl)[C@@H]1C[C@H]2C[C@H]2N1. The molecule has 4 saturated heterocycles. The quantitative estimate of drug-likeness (QED) is 0.107. The third-order valence-corrected chi connectivity index (χ3v) is 23.3. The van der Waals surface area contributed by atoms with Crippen molar-refractivity contribution in [1.82, 2.24) is 29.8 Å². The van der Waals surface area contributed by atoms with Gasteiger partial charge in [0.2, 0.25) is 5.91 Å². The molecular formula is C63H84Cl8N8O11. The Kier molecular flexibility index (Phi) is 20.2. The Morgan fingerprint density at radius 3 is 1.38 bits per heavy atom. The van der Waals surface area contributed by atoms with E-state index in [1.807, 2.05) is 26.8 Å². The van der Waals surface area contributed by atoms with Gasteiger partial charge in [-0.1, -0.05) is 18.2 Å². The molecule has 8 saturated carbocycles. The number of para-hydroxylation sites is 1. The summed E-state index contributed by atoms with van der Waals surface area (Å²) in [5.41, 5.74) is 10.4. The summed E-state index contributed by atoms with van der Waals surface area (Å²) in [6.45, 7) is 11.5. The lowest BCUT2D eigenvalue weighted by Crippen LogP contribution is -2.45. The molecule has 4 aliphatic heterocycles. The Labute approximate surface area is 565 Å². The summed E-state index contributed by atoms with van der Waals surface area (Å²) in [6, 6.07) is 6.97. The minimum atomic E-state index is -0.932. The van der Waals surface area contributed by atoms with Crippen molar-refractivity contribution >= 4 is 151 Å². The maximum atomic E-state index is 13.2. The fourth-order valence-electron chi connectivity index (χ4n) is 13.6. The van der Waals surface area contributed by atoms with Crippen LogP contribution in [0.4, 0.5) is 9.59 Å². The highest BCUT2D eigenvalue weighted by Gasteiger charge is 2.60. The highest BCUT2D eigenvalue weighted by molar-refractivity contribution is 6.52. The molecule has 6 N–H and O–H groups in total. The van der Waals surface area contributed by atoms with Gasteiger partial charge in [-0.15, -0.1) is 92.8 Å². The van der Waals surface area contributed by atoms with Crippen LogP contribution in [-0.2, 0) is 40.0 Å². The molecule has 4 amide bonds. The summed E-state index contributed by atoms with van der Waals surface area (Å²) < 4.78 is 9.88. The van der Waals surface area contributed by atoms with Crippen molar-refractivity contribution in [2.24, 2.45) is 58.8 Å². The van der Waals surface area contributed by atoms with E-state index in [2.05, 4.69) is 10.4 Å².